The van der Waals surface area contributed by atoms with E-state index in [9.17, 15) is 27.2 Å². The molecule has 0 atom stereocenters. The quantitative estimate of drug-likeness (QED) is 0.871. The van der Waals surface area contributed by atoms with Gasteiger partial charge in [0.25, 0.3) is 5.91 Å². The van der Waals surface area contributed by atoms with Gasteiger partial charge in [0.2, 0.25) is 0 Å². The number of halogens is 4. The summed E-state index contributed by atoms with van der Waals surface area (Å²) in [4.78, 5) is 23.1. The number of nitrogens with zero attached hydrogens (tertiary/aromatic N) is 1. The Balaban J connectivity index is 2.27. The highest BCUT2D eigenvalue weighted by Crippen LogP contribution is 2.29. The predicted octanol–water partition coefficient (Wildman–Crippen LogP) is 2.17. The van der Waals surface area contributed by atoms with Crippen molar-refractivity contribution in [2.75, 3.05) is 6.54 Å². The molecule has 114 valence electrons. The van der Waals surface area contributed by atoms with Gasteiger partial charge >= 0.3 is 18.3 Å². The lowest BCUT2D eigenvalue weighted by Crippen LogP contribution is -2.49. The molecule has 2 rings (SSSR count). The number of hydrogen-bond donors (Lipinski definition) is 1. The Hall–Kier alpha value is -2.12. The lowest BCUT2D eigenvalue weighted by atomic mass is 9.94. The molecule has 0 saturated heterocycles. The summed E-state index contributed by atoms with van der Waals surface area (Å²) in [6.45, 7) is -0.532. The summed E-state index contributed by atoms with van der Waals surface area (Å²) in [6, 6.07) is 4.27. The smallest absolute Gasteiger partial charge is 0.383 e. The highest BCUT2D eigenvalue weighted by atomic mass is 19.3. The van der Waals surface area contributed by atoms with E-state index in [0.717, 1.165) is 0 Å². The van der Waals surface area contributed by atoms with Gasteiger partial charge < -0.3 is 10.0 Å². The molecule has 1 aromatic rings. The second-order valence-corrected chi connectivity index (χ2v) is 4.65. The molecule has 1 amide bonds. The molecule has 0 unspecified atom stereocenters. The van der Waals surface area contributed by atoms with Gasteiger partial charge in [-0.3, -0.25) is 4.79 Å². The number of alkyl halides is 4. The van der Waals surface area contributed by atoms with Crippen molar-refractivity contribution in [1.82, 2.24) is 4.90 Å². The van der Waals surface area contributed by atoms with E-state index in [0.29, 0.717) is 16.0 Å². The van der Waals surface area contributed by atoms with Crippen molar-refractivity contribution in [3.05, 3.63) is 34.9 Å². The molecule has 1 aliphatic rings. The molecule has 1 aliphatic heterocycles. The number of carboxylic acids is 1. The zero-order valence-electron chi connectivity index (χ0n) is 10.7. The first-order valence-corrected chi connectivity index (χ1v) is 6.04. The maximum absolute atomic E-state index is 13.1. The molecule has 1 N–H and O–H groups in total. The third kappa shape index (κ3) is 2.70. The number of benzene rings is 1. The number of carbonyl (C=O) groups is 2. The third-order valence-electron chi connectivity index (χ3n) is 3.34. The van der Waals surface area contributed by atoms with Gasteiger partial charge in [-0.2, -0.15) is 8.78 Å². The highest BCUT2D eigenvalue weighted by Gasteiger charge is 2.51. The molecule has 21 heavy (non-hydrogen) atoms. The number of hydrogen-bond acceptors (Lipinski definition) is 2. The Kier molecular flexibility index (Phi) is 3.89. The fourth-order valence-electron chi connectivity index (χ4n) is 2.29. The van der Waals surface area contributed by atoms with E-state index < -0.39 is 24.2 Å². The topological polar surface area (TPSA) is 57.6 Å². The average Bonchev–Trinajstić information content (AvgIpc) is 2.44. The van der Waals surface area contributed by atoms with Crippen molar-refractivity contribution in [2.45, 2.75) is 25.3 Å². The van der Waals surface area contributed by atoms with Crippen LogP contribution in [0.25, 0.3) is 0 Å². The fourth-order valence-corrected chi connectivity index (χ4v) is 2.29. The summed E-state index contributed by atoms with van der Waals surface area (Å²) in [5, 5.41) is 9.02. The van der Waals surface area contributed by atoms with Crippen LogP contribution in [0.2, 0.25) is 0 Å². The lowest BCUT2D eigenvalue weighted by molar-refractivity contribution is -0.181. The molecule has 8 heteroatoms. The molecule has 0 fully saturated rings. The Morgan fingerprint density at radius 2 is 1.95 bits per heavy atom. The van der Waals surface area contributed by atoms with Crippen LogP contribution in [0.15, 0.2) is 18.2 Å². The maximum Gasteiger partial charge on any atom is 0.383 e. The van der Waals surface area contributed by atoms with Crippen LogP contribution >= 0.6 is 0 Å². The van der Waals surface area contributed by atoms with Gasteiger partial charge in [-0.25, -0.2) is 13.6 Å². The lowest BCUT2D eigenvalue weighted by Gasteiger charge is -2.31. The van der Waals surface area contributed by atoms with Gasteiger partial charge in [0.1, 0.15) is 0 Å². The molecule has 0 spiro atoms. The third-order valence-corrected chi connectivity index (χ3v) is 3.34. The second kappa shape index (κ2) is 5.34. The van der Waals surface area contributed by atoms with E-state index in [4.69, 9.17) is 5.11 Å². The number of carboxylic acid groups (broad SMARTS) is 1. The Bertz CT molecular complexity index is 589. The minimum Gasteiger partial charge on any atom is -0.478 e. The fraction of sp³-hybridized carbons (Fsp3) is 0.385. The number of aromatic carboxylic acids is 1. The van der Waals surface area contributed by atoms with Crippen LogP contribution < -0.4 is 0 Å². The molecule has 0 bridgehead atoms. The van der Waals surface area contributed by atoms with Crippen LogP contribution in [0.4, 0.5) is 17.6 Å². The Morgan fingerprint density at radius 1 is 1.29 bits per heavy atom. The second-order valence-electron chi connectivity index (χ2n) is 4.65. The summed E-state index contributed by atoms with van der Waals surface area (Å²) >= 11 is 0. The summed E-state index contributed by atoms with van der Waals surface area (Å²) in [5.74, 6) is -7.84. The zero-order valence-corrected chi connectivity index (χ0v) is 10.7. The van der Waals surface area contributed by atoms with E-state index in [1.165, 1.54) is 18.2 Å². The van der Waals surface area contributed by atoms with Gasteiger partial charge in [-0.05, 0) is 23.6 Å². The molecule has 0 aliphatic carbocycles. The minimum absolute atomic E-state index is 0.0280. The maximum atomic E-state index is 13.1. The Labute approximate surface area is 117 Å². The van der Waals surface area contributed by atoms with Crippen molar-refractivity contribution < 1.29 is 32.3 Å². The zero-order chi connectivity index (χ0) is 15.8. The molecule has 0 radical (unpaired) electrons. The largest absolute Gasteiger partial charge is 0.478 e. The van der Waals surface area contributed by atoms with Crippen molar-refractivity contribution in [3.63, 3.8) is 0 Å². The van der Waals surface area contributed by atoms with Crippen LogP contribution in [0, 0.1) is 0 Å². The van der Waals surface area contributed by atoms with Gasteiger partial charge in [0.15, 0.2) is 0 Å². The van der Waals surface area contributed by atoms with Gasteiger partial charge in [-0.15, -0.1) is 0 Å². The van der Waals surface area contributed by atoms with Crippen LogP contribution in [-0.2, 0) is 17.8 Å². The number of carbonyl (C=O) groups excluding carboxylic acids is 1. The first-order chi connectivity index (χ1) is 9.75. The molecule has 0 aromatic heterocycles. The van der Waals surface area contributed by atoms with E-state index in [1.54, 1.807) is 0 Å². The molecular formula is C13H11F4NO3. The summed E-state index contributed by atoms with van der Waals surface area (Å²) in [5.41, 5.74) is 0.842. The van der Waals surface area contributed by atoms with Crippen molar-refractivity contribution in [2.24, 2.45) is 0 Å². The molecular weight excluding hydrogens is 294 g/mol. The summed E-state index contributed by atoms with van der Waals surface area (Å²) < 4.78 is 50.6. The standard InChI is InChI=1S/C13H11F4NO3/c14-11(15)13(16,17)12(21)18-5-4-8-7(6-18)2-1-3-9(8)10(19)20/h1-3,11H,4-6H2,(H,19,20). The molecule has 1 heterocycles. The predicted molar refractivity (Wildman–Crippen MR) is 63.5 cm³/mol. The minimum atomic E-state index is -4.73. The summed E-state index contributed by atoms with van der Waals surface area (Å²) in [7, 11) is 0. The van der Waals surface area contributed by atoms with Gasteiger partial charge in [0, 0.05) is 13.1 Å². The van der Waals surface area contributed by atoms with Crippen LogP contribution in [0.5, 0.6) is 0 Å². The van der Waals surface area contributed by atoms with Crippen molar-refractivity contribution in [3.8, 4) is 0 Å². The first kappa shape index (κ1) is 15.3. The number of fused-ring (bicyclic) bond motifs is 1. The summed E-state index contributed by atoms with van der Waals surface area (Å²) in [6.07, 6.45) is -4.04. The van der Waals surface area contributed by atoms with Crippen molar-refractivity contribution in [1.29, 1.82) is 0 Å². The molecule has 0 saturated carbocycles. The first-order valence-electron chi connectivity index (χ1n) is 6.04. The average molecular weight is 305 g/mol. The van der Waals surface area contributed by atoms with E-state index in [2.05, 4.69) is 0 Å². The number of rotatable bonds is 3. The van der Waals surface area contributed by atoms with E-state index in [-0.39, 0.29) is 25.1 Å². The molecule has 4 nitrogen and oxygen atoms in total. The van der Waals surface area contributed by atoms with E-state index in [1.807, 2.05) is 0 Å². The normalized spacial score (nSPS) is 15.0. The molecule has 1 aromatic carbocycles. The Morgan fingerprint density at radius 3 is 2.52 bits per heavy atom. The van der Waals surface area contributed by atoms with Gasteiger partial charge in [-0.1, -0.05) is 12.1 Å². The monoisotopic (exact) mass is 305 g/mol. The SMILES string of the molecule is O=C(O)c1cccc2c1CCN(C(=O)C(F)(F)C(F)F)C2. The highest BCUT2D eigenvalue weighted by molar-refractivity contribution is 5.90. The van der Waals surface area contributed by atoms with Crippen LogP contribution in [0.3, 0.4) is 0 Å². The van der Waals surface area contributed by atoms with Crippen LogP contribution in [-0.4, -0.2) is 40.8 Å². The van der Waals surface area contributed by atoms with Crippen molar-refractivity contribution >= 4 is 11.9 Å². The van der Waals surface area contributed by atoms with Gasteiger partial charge in [0.05, 0.1) is 5.56 Å². The van der Waals surface area contributed by atoms with E-state index >= 15 is 0 Å². The van der Waals surface area contributed by atoms with Crippen LogP contribution in [0.1, 0.15) is 21.5 Å². The number of amides is 1.